The van der Waals surface area contributed by atoms with Crippen molar-refractivity contribution in [2.75, 3.05) is 26.8 Å². The van der Waals surface area contributed by atoms with E-state index >= 15 is 0 Å². The Morgan fingerprint density at radius 3 is 3.33 bits per heavy atom. The van der Waals surface area contributed by atoms with E-state index in [0.29, 0.717) is 5.92 Å². The highest BCUT2D eigenvalue weighted by Gasteiger charge is 2.20. The van der Waals surface area contributed by atoms with Gasteiger partial charge in [-0.3, -0.25) is 0 Å². The molecule has 0 amide bonds. The van der Waals surface area contributed by atoms with Gasteiger partial charge in [-0.2, -0.15) is 0 Å². The third-order valence-electron chi connectivity index (χ3n) is 2.70. The average Bonchev–Trinajstić information content (AvgIpc) is 2.87. The molecule has 2 rings (SSSR count). The molecule has 15 heavy (non-hydrogen) atoms. The Bertz CT molecular complexity index is 295. The van der Waals surface area contributed by atoms with E-state index in [0.717, 1.165) is 32.6 Å². The zero-order valence-corrected chi connectivity index (χ0v) is 9.98. The molecule has 0 spiro atoms. The molecule has 0 aromatic carbocycles. The van der Waals surface area contributed by atoms with E-state index in [4.69, 9.17) is 4.74 Å². The lowest BCUT2D eigenvalue weighted by Gasteiger charge is -2.00. The Kier molecular flexibility index (Phi) is 4.11. The van der Waals surface area contributed by atoms with Gasteiger partial charge in [0.15, 0.2) is 0 Å². The minimum Gasteiger partial charge on any atom is -0.381 e. The quantitative estimate of drug-likeness (QED) is 0.777. The van der Waals surface area contributed by atoms with Gasteiger partial charge < -0.3 is 10.1 Å². The first-order chi connectivity index (χ1) is 7.40. The summed E-state index contributed by atoms with van der Waals surface area (Å²) in [4.78, 5) is 5.90. The number of rotatable bonds is 5. The highest BCUT2D eigenvalue weighted by atomic mass is 32.1. The maximum Gasteiger partial charge on any atom is 0.0982 e. The van der Waals surface area contributed by atoms with E-state index in [1.807, 2.05) is 24.6 Å². The molecule has 84 valence electrons. The maximum atomic E-state index is 5.38. The van der Waals surface area contributed by atoms with Gasteiger partial charge in [0, 0.05) is 23.6 Å². The van der Waals surface area contributed by atoms with Gasteiger partial charge in [-0.05, 0) is 32.9 Å². The van der Waals surface area contributed by atoms with E-state index in [-0.39, 0.29) is 0 Å². The number of thiazole rings is 1. The van der Waals surface area contributed by atoms with Gasteiger partial charge in [0.2, 0.25) is 0 Å². The first kappa shape index (κ1) is 11.0. The van der Waals surface area contributed by atoms with Crippen molar-refractivity contribution in [1.29, 1.82) is 0 Å². The highest BCUT2D eigenvalue weighted by Crippen LogP contribution is 2.28. The molecule has 1 saturated heterocycles. The van der Waals surface area contributed by atoms with Crippen molar-refractivity contribution in [2.24, 2.45) is 0 Å². The molecule has 0 saturated carbocycles. The topological polar surface area (TPSA) is 34.2 Å². The lowest BCUT2D eigenvalue weighted by atomic mass is 10.1. The van der Waals surface area contributed by atoms with Crippen LogP contribution in [0, 0.1) is 0 Å². The predicted molar refractivity (Wildman–Crippen MR) is 62.5 cm³/mol. The molecule has 0 aliphatic carbocycles. The molecule has 1 fully saturated rings. The molecule has 1 unspecified atom stereocenters. The molecular formula is C11H18N2OS. The summed E-state index contributed by atoms with van der Waals surface area (Å²) in [5, 5.41) is 4.43. The predicted octanol–water partition coefficient (Wildman–Crippen LogP) is 1.80. The van der Waals surface area contributed by atoms with Crippen molar-refractivity contribution >= 4 is 11.3 Å². The number of hydrogen-bond donors (Lipinski definition) is 1. The van der Waals surface area contributed by atoms with E-state index in [1.165, 1.54) is 16.3 Å². The second-order valence-electron chi connectivity index (χ2n) is 3.93. The van der Waals surface area contributed by atoms with Gasteiger partial charge in [-0.15, -0.1) is 11.3 Å². The summed E-state index contributed by atoms with van der Waals surface area (Å²) in [6, 6.07) is 0. The lowest BCUT2D eigenvalue weighted by Crippen LogP contribution is -2.07. The molecule has 2 heterocycles. The van der Waals surface area contributed by atoms with Crippen LogP contribution in [0.5, 0.6) is 0 Å². The fourth-order valence-corrected chi connectivity index (χ4v) is 2.87. The minimum atomic E-state index is 0.563. The normalized spacial score (nSPS) is 21.0. The zero-order chi connectivity index (χ0) is 10.5. The van der Waals surface area contributed by atoms with Crippen LogP contribution in [0.15, 0.2) is 6.20 Å². The first-order valence-electron chi connectivity index (χ1n) is 5.57. The Balaban J connectivity index is 1.86. The van der Waals surface area contributed by atoms with Crippen molar-refractivity contribution in [1.82, 2.24) is 10.3 Å². The molecule has 0 bridgehead atoms. The van der Waals surface area contributed by atoms with Gasteiger partial charge in [0.05, 0.1) is 11.6 Å². The number of nitrogens with one attached hydrogen (secondary N) is 1. The third-order valence-corrected chi connectivity index (χ3v) is 3.92. The van der Waals surface area contributed by atoms with Crippen LogP contribution in [-0.4, -0.2) is 31.8 Å². The van der Waals surface area contributed by atoms with Crippen LogP contribution in [0.3, 0.4) is 0 Å². The summed E-state index contributed by atoms with van der Waals surface area (Å²) in [6.07, 6.45) is 5.52. The molecular weight excluding hydrogens is 208 g/mol. The second kappa shape index (κ2) is 5.58. The first-order valence-corrected chi connectivity index (χ1v) is 6.38. The standard InChI is InChI=1S/C11H18N2OS/c1-12-5-2-3-10-7-13-11(15-10)9-4-6-14-8-9/h7,9,12H,2-6,8H2,1H3. The minimum absolute atomic E-state index is 0.563. The molecule has 1 atom stereocenters. The summed E-state index contributed by atoms with van der Waals surface area (Å²) >= 11 is 1.86. The van der Waals surface area contributed by atoms with E-state index < -0.39 is 0 Å². The fraction of sp³-hybridized carbons (Fsp3) is 0.727. The van der Waals surface area contributed by atoms with Crippen molar-refractivity contribution in [2.45, 2.75) is 25.2 Å². The van der Waals surface area contributed by atoms with Crippen LogP contribution in [0.1, 0.15) is 28.6 Å². The van der Waals surface area contributed by atoms with Crippen molar-refractivity contribution in [3.8, 4) is 0 Å². The molecule has 1 N–H and O–H groups in total. The van der Waals surface area contributed by atoms with E-state index in [1.54, 1.807) is 0 Å². The van der Waals surface area contributed by atoms with E-state index in [2.05, 4.69) is 10.3 Å². The number of nitrogens with zero attached hydrogens (tertiary/aromatic N) is 1. The van der Waals surface area contributed by atoms with Gasteiger partial charge >= 0.3 is 0 Å². The maximum absolute atomic E-state index is 5.38. The van der Waals surface area contributed by atoms with E-state index in [9.17, 15) is 0 Å². The van der Waals surface area contributed by atoms with Crippen LogP contribution in [-0.2, 0) is 11.2 Å². The molecule has 1 aliphatic rings. The zero-order valence-electron chi connectivity index (χ0n) is 9.16. The largest absolute Gasteiger partial charge is 0.381 e. The summed E-state index contributed by atoms with van der Waals surface area (Å²) in [5.41, 5.74) is 0. The van der Waals surface area contributed by atoms with Crippen molar-refractivity contribution in [3.63, 3.8) is 0 Å². The van der Waals surface area contributed by atoms with Crippen LogP contribution in [0.2, 0.25) is 0 Å². The highest BCUT2D eigenvalue weighted by molar-refractivity contribution is 7.11. The number of aromatic nitrogens is 1. The Morgan fingerprint density at radius 2 is 2.60 bits per heavy atom. The Labute approximate surface area is 94.9 Å². The molecule has 4 heteroatoms. The molecule has 1 aliphatic heterocycles. The van der Waals surface area contributed by atoms with Gasteiger partial charge in [0.1, 0.15) is 0 Å². The van der Waals surface area contributed by atoms with Crippen LogP contribution in [0.4, 0.5) is 0 Å². The summed E-state index contributed by atoms with van der Waals surface area (Å²) in [6.45, 7) is 2.85. The Morgan fingerprint density at radius 1 is 1.67 bits per heavy atom. The summed E-state index contributed by atoms with van der Waals surface area (Å²) in [5.74, 6) is 0.563. The van der Waals surface area contributed by atoms with Crippen molar-refractivity contribution < 1.29 is 4.74 Å². The molecule has 1 aromatic rings. The lowest BCUT2D eigenvalue weighted by molar-refractivity contribution is 0.194. The molecule has 3 nitrogen and oxygen atoms in total. The number of ether oxygens (including phenoxy) is 1. The SMILES string of the molecule is CNCCCc1cnc(C2CCOC2)s1. The summed E-state index contributed by atoms with van der Waals surface area (Å²) in [7, 11) is 1.99. The van der Waals surface area contributed by atoms with Crippen molar-refractivity contribution in [3.05, 3.63) is 16.1 Å². The molecule has 0 radical (unpaired) electrons. The van der Waals surface area contributed by atoms with Crippen LogP contribution < -0.4 is 5.32 Å². The van der Waals surface area contributed by atoms with Gasteiger partial charge in [-0.25, -0.2) is 4.98 Å². The van der Waals surface area contributed by atoms with Crippen LogP contribution in [0.25, 0.3) is 0 Å². The van der Waals surface area contributed by atoms with Gasteiger partial charge in [-0.1, -0.05) is 0 Å². The summed E-state index contributed by atoms with van der Waals surface area (Å²) < 4.78 is 5.38. The fourth-order valence-electron chi connectivity index (χ4n) is 1.80. The third kappa shape index (κ3) is 3.00. The number of hydrogen-bond acceptors (Lipinski definition) is 4. The smallest absolute Gasteiger partial charge is 0.0982 e. The second-order valence-corrected chi connectivity index (χ2v) is 5.08. The monoisotopic (exact) mass is 226 g/mol. The molecule has 1 aromatic heterocycles. The van der Waals surface area contributed by atoms with Gasteiger partial charge in [0.25, 0.3) is 0 Å². The Hall–Kier alpha value is -0.450. The van der Waals surface area contributed by atoms with Crippen LogP contribution >= 0.6 is 11.3 Å². The average molecular weight is 226 g/mol. The number of aryl methyl sites for hydroxylation is 1.